The first-order valence-electron chi connectivity index (χ1n) is 4.29. The Morgan fingerprint density at radius 2 is 1.87 bits per heavy atom. The van der Waals surface area contributed by atoms with E-state index < -0.39 is 0 Å². The van der Waals surface area contributed by atoms with Gasteiger partial charge < -0.3 is 4.74 Å². The van der Waals surface area contributed by atoms with Gasteiger partial charge in [-0.15, -0.1) is 0 Å². The van der Waals surface area contributed by atoms with Crippen molar-refractivity contribution in [1.82, 2.24) is 4.98 Å². The normalized spacial score (nSPS) is 10.0. The second-order valence-corrected chi connectivity index (χ2v) is 3.70. The maximum absolute atomic E-state index is 12.6. The van der Waals surface area contributed by atoms with Gasteiger partial charge in [-0.05, 0) is 52.3 Å². The largest absolute Gasteiger partial charge is 0.438 e. The van der Waals surface area contributed by atoms with Gasteiger partial charge in [0.25, 0.3) is 0 Å². The molecule has 0 saturated heterocycles. The summed E-state index contributed by atoms with van der Waals surface area (Å²) in [7, 11) is 0. The fraction of sp³-hybridized carbons (Fsp3) is 0. The molecular weight excluding hydrogens is 261 g/mol. The molecule has 1 aromatic heterocycles. The van der Waals surface area contributed by atoms with E-state index >= 15 is 0 Å². The minimum Gasteiger partial charge on any atom is -0.438 e. The molecule has 0 aliphatic carbocycles. The quantitative estimate of drug-likeness (QED) is 0.826. The summed E-state index contributed by atoms with van der Waals surface area (Å²) in [5, 5.41) is 0. The average molecular weight is 268 g/mol. The van der Waals surface area contributed by atoms with Crippen LogP contribution in [0.3, 0.4) is 0 Å². The van der Waals surface area contributed by atoms with E-state index in [9.17, 15) is 4.39 Å². The number of ether oxygens (including phenoxy) is 1. The molecule has 4 heteroatoms. The van der Waals surface area contributed by atoms with Gasteiger partial charge in [0.1, 0.15) is 11.6 Å². The molecule has 0 aliphatic rings. The van der Waals surface area contributed by atoms with Gasteiger partial charge >= 0.3 is 0 Å². The first kappa shape index (κ1) is 10.1. The summed E-state index contributed by atoms with van der Waals surface area (Å²) in [6, 6.07) is 9.40. The lowest BCUT2D eigenvalue weighted by atomic mass is 10.3. The van der Waals surface area contributed by atoms with Crippen molar-refractivity contribution >= 4 is 15.9 Å². The van der Waals surface area contributed by atoms with Crippen LogP contribution in [0.2, 0.25) is 0 Å². The lowest BCUT2D eigenvalue weighted by Gasteiger charge is -2.05. The number of nitrogens with zero attached hydrogens (tertiary/aromatic N) is 1. The summed E-state index contributed by atoms with van der Waals surface area (Å²) in [6.07, 6.45) is 1.63. The molecule has 0 amide bonds. The number of aromatic nitrogens is 1. The number of pyridine rings is 1. The maximum Gasteiger partial charge on any atom is 0.233 e. The fourth-order valence-electron chi connectivity index (χ4n) is 1.06. The van der Waals surface area contributed by atoms with Crippen LogP contribution in [-0.2, 0) is 0 Å². The number of benzene rings is 1. The highest BCUT2D eigenvalue weighted by molar-refractivity contribution is 9.10. The third-order valence-corrected chi connectivity index (χ3v) is 2.36. The SMILES string of the molecule is Fc1ccc(Oc2ncccc2Br)cc1. The average Bonchev–Trinajstić information content (AvgIpc) is 2.25. The van der Waals surface area contributed by atoms with Crippen molar-refractivity contribution in [2.45, 2.75) is 0 Å². The highest BCUT2D eigenvalue weighted by atomic mass is 79.9. The van der Waals surface area contributed by atoms with Crippen molar-refractivity contribution in [1.29, 1.82) is 0 Å². The van der Waals surface area contributed by atoms with Gasteiger partial charge in [0, 0.05) is 6.20 Å². The molecule has 0 spiro atoms. The van der Waals surface area contributed by atoms with Gasteiger partial charge in [-0.2, -0.15) is 0 Å². The van der Waals surface area contributed by atoms with Crippen LogP contribution >= 0.6 is 15.9 Å². The maximum atomic E-state index is 12.6. The molecule has 1 heterocycles. The zero-order chi connectivity index (χ0) is 10.7. The molecule has 0 aliphatic heterocycles. The standard InChI is InChI=1S/C11H7BrFNO/c12-10-2-1-7-14-11(10)15-9-5-3-8(13)4-6-9/h1-7H. The Balaban J connectivity index is 2.22. The summed E-state index contributed by atoms with van der Waals surface area (Å²) < 4.78 is 18.8. The van der Waals surface area contributed by atoms with E-state index in [4.69, 9.17) is 4.74 Å². The Kier molecular flexibility index (Phi) is 2.97. The zero-order valence-corrected chi connectivity index (χ0v) is 9.24. The summed E-state index contributed by atoms with van der Waals surface area (Å²) in [5.74, 6) is 0.724. The van der Waals surface area contributed by atoms with Crippen LogP contribution in [0.25, 0.3) is 0 Å². The number of hydrogen-bond donors (Lipinski definition) is 0. The molecule has 0 fully saturated rings. The Labute approximate surface area is 94.9 Å². The van der Waals surface area contributed by atoms with Gasteiger partial charge in [-0.25, -0.2) is 9.37 Å². The van der Waals surface area contributed by atoms with E-state index in [-0.39, 0.29) is 5.82 Å². The van der Waals surface area contributed by atoms with E-state index in [2.05, 4.69) is 20.9 Å². The molecule has 2 rings (SSSR count). The van der Waals surface area contributed by atoms with Crippen molar-refractivity contribution in [2.24, 2.45) is 0 Å². The lowest BCUT2D eigenvalue weighted by molar-refractivity contribution is 0.458. The third kappa shape index (κ3) is 2.53. The van der Waals surface area contributed by atoms with E-state index in [0.717, 1.165) is 4.47 Å². The minimum atomic E-state index is -0.289. The zero-order valence-electron chi connectivity index (χ0n) is 7.65. The van der Waals surface area contributed by atoms with Gasteiger partial charge in [-0.1, -0.05) is 0 Å². The first-order valence-corrected chi connectivity index (χ1v) is 5.09. The van der Waals surface area contributed by atoms with Gasteiger partial charge in [-0.3, -0.25) is 0 Å². The van der Waals surface area contributed by atoms with Crippen LogP contribution in [-0.4, -0.2) is 4.98 Å². The lowest BCUT2D eigenvalue weighted by Crippen LogP contribution is -1.88. The van der Waals surface area contributed by atoms with Crippen LogP contribution in [0.5, 0.6) is 11.6 Å². The molecule has 0 N–H and O–H groups in total. The first-order chi connectivity index (χ1) is 7.25. The molecule has 0 unspecified atom stereocenters. The molecule has 0 saturated carbocycles. The van der Waals surface area contributed by atoms with Gasteiger partial charge in [0.2, 0.25) is 5.88 Å². The second-order valence-electron chi connectivity index (χ2n) is 2.85. The van der Waals surface area contributed by atoms with Crippen LogP contribution in [0, 0.1) is 5.82 Å². The summed E-state index contributed by atoms with van der Waals surface area (Å²) in [5.41, 5.74) is 0. The number of halogens is 2. The third-order valence-electron chi connectivity index (χ3n) is 1.75. The van der Waals surface area contributed by atoms with Crippen LogP contribution < -0.4 is 4.74 Å². The van der Waals surface area contributed by atoms with E-state index in [1.54, 1.807) is 24.4 Å². The predicted molar refractivity (Wildman–Crippen MR) is 58.4 cm³/mol. The smallest absolute Gasteiger partial charge is 0.233 e. The number of hydrogen-bond acceptors (Lipinski definition) is 2. The molecule has 76 valence electrons. The molecule has 0 radical (unpaired) electrons. The van der Waals surface area contributed by atoms with Crippen LogP contribution in [0.1, 0.15) is 0 Å². The van der Waals surface area contributed by atoms with Gasteiger partial charge in [0.15, 0.2) is 0 Å². The topological polar surface area (TPSA) is 22.1 Å². The van der Waals surface area contributed by atoms with Crippen molar-refractivity contribution < 1.29 is 9.13 Å². The van der Waals surface area contributed by atoms with Crippen molar-refractivity contribution in [2.75, 3.05) is 0 Å². The Bertz CT molecular complexity index is 458. The molecule has 2 aromatic rings. The van der Waals surface area contributed by atoms with Gasteiger partial charge in [0.05, 0.1) is 4.47 Å². The Hall–Kier alpha value is -1.42. The van der Waals surface area contributed by atoms with Crippen LogP contribution in [0.15, 0.2) is 47.1 Å². The van der Waals surface area contributed by atoms with Crippen molar-refractivity contribution in [3.8, 4) is 11.6 Å². The molecular formula is C11H7BrFNO. The highest BCUT2D eigenvalue weighted by Gasteiger charge is 2.02. The van der Waals surface area contributed by atoms with Crippen molar-refractivity contribution in [3.05, 3.63) is 52.9 Å². The summed E-state index contributed by atoms with van der Waals surface area (Å²) in [4.78, 5) is 4.03. The summed E-state index contributed by atoms with van der Waals surface area (Å²) in [6.45, 7) is 0. The molecule has 1 aromatic carbocycles. The molecule has 0 bridgehead atoms. The molecule has 0 atom stereocenters. The van der Waals surface area contributed by atoms with E-state index in [1.807, 2.05) is 6.07 Å². The van der Waals surface area contributed by atoms with Crippen LogP contribution in [0.4, 0.5) is 4.39 Å². The highest BCUT2D eigenvalue weighted by Crippen LogP contribution is 2.26. The minimum absolute atomic E-state index is 0.289. The van der Waals surface area contributed by atoms with E-state index in [1.165, 1.54) is 12.1 Å². The molecule has 2 nitrogen and oxygen atoms in total. The predicted octanol–water partition coefficient (Wildman–Crippen LogP) is 3.78. The fourth-order valence-corrected chi connectivity index (χ4v) is 1.40. The Morgan fingerprint density at radius 3 is 2.53 bits per heavy atom. The summed E-state index contributed by atoms with van der Waals surface area (Å²) >= 11 is 3.31. The Morgan fingerprint density at radius 1 is 1.13 bits per heavy atom. The van der Waals surface area contributed by atoms with Crippen molar-refractivity contribution in [3.63, 3.8) is 0 Å². The van der Waals surface area contributed by atoms with E-state index in [0.29, 0.717) is 11.6 Å². The monoisotopic (exact) mass is 267 g/mol. The molecule has 15 heavy (non-hydrogen) atoms. The second kappa shape index (κ2) is 4.40. The number of rotatable bonds is 2.